The van der Waals surface area contributed by atoms with Crippen LogP contribution in [0.3, 0.4) is 0 Å². The first-order valence-corrected chi connectivity index (χ1v) is 6.20. The number of aliphatic hydroxyl groups is 1. The van der Waals surface area contributed by atoms with Crippen LogP contribution in [0.15, 0.2) is 0 Å². The van der Waals surface area contributed by atoms with E-state index in [4.69, 9.17) is 9.47 Å². The SMILES string of the molecule is COCC(O)CNC(C)CC1CCOCC1. The van der Waals surface area contributed by atoms with Gasteiger partial charge in [0.25, 0.3) is 0 Å². The van der Waals surface area contributed by atoms with Crippen molar-refractivity contribution in [2.24, 2.45) is 5.92 Å². The highest BCUT2D eigenvalue weighted by Gasteiger charge is 2.17. The molecule has 0 aromatic carbocycles. The van der Waals surface area contributed by atoms with Crippen LogP contribution in [0, 0.1) is 5.92 Å². The van der Waals surface area contributed by atoms with Gasteiger partial charge in [-0.25, -0.2) is 0 Å². The molecule has 1 heterocycles. The summed E-state index contributed by atoms with van der Waals surface area (Å²) >= 11 is 0. The fourth-order valence-electron chi connectivity index (χ4n) is 2.15. The van der Waals surface area contributed by atoms with Gasteiger partial charge in [0.2, 0.25) is 0 Å². The lowest BCUT2D eigenvalue weighted by Crippen LogP contribution is -2.37. The van der Waals surface area contributed by atoms with Crippen molar-refractivity contribution >= 4 is 0 Å². The van der Waals surface area contributed by atoms with E-state index in [-0.39, 0.29) is 0 Å². The molecule has 0 amide bonds. The number of rotatable bonds is 7. The molecule has 0 aromatic heterocycles. The zero-order chi connectivity index (χ0) is 11.8. The second-order valence-electron chi connectivity index (χ2n) is 4.71. The second-order valence-corrected chi connectivity index (χ2v) is 4.71. The van der Waals surface area contributed by atoms with E-state index >= 15 is 0 Å². The van der Waals surface area contributed by atoms with Crippen LogP contribution in [0.5, 0.6) is 0 Å². The van der Waals surface area contributed by atoms with Gasteiger partial charge in [0.15, 0.2) is 0 Å². The number of hydrogen-bond donors (Lipinski definition) is 2. The first kappa shape index (κ1) is 13.9. The lowest BCUT2D eigenvalue weighted by Gasteiger charge is -2.25. The molecule has 1 fully saturated rings. The van der Waals surface area contributed by atoms with Crippen molar-refractivity contribution in [1.29, 1.82) is 0 Å². The number of aliphatic hydroxyl groups excluding tert-OH is 1. The summed E-state index contributed by atoms with van der Waals surface area (Å²) in [6.45, 7) is 5.00. The molecule has 2 N–H and O–H groups in total. The van der Waals surface area contributed by atoms with E-state index in [2.05, 4.69) is 12.2 Å². The molecule has 1 aliphatic rings. The van der Waals surface area contributed by atoms with E-state index < -0.39 is 6.10 Å². The summed E-state index contributed by atoms with van der Waals surface area (Å²) in [4.78, 5) is 0. The maximum absolute atomic E-state index is 9.50. The van der Waals surface area contributed by atoms with Crippen LogP contribution in [0.25, 0.3) is 0 Å². The standard InChI is InChI=1S/C12H25NO3/c1-10(13-8-12(14)9-15-2)7-11-3-5-16-6-4-11/h10-14H,3-9H2,1-2H3. The Hall–Kier alpha value is -0.160. The van der Waals surface area contributed by atoms with E-state index in [0.717, 1.165) is 19.1 Å². The van der Waals surface area contributed by atoms with E-state index in [1.54, 1.807) is 7.11 Å². The largest absolute Gasteiger partial charge is 0.389 e. The van der Waals surface area contributed by atoms with Crippen molar-refractivity contribution in [3.05, 3.63) is 0 Å². The highest BCUT2D eigenvalue weighted by atomic mass is 16.5. The van der Waals surface area contributed by atoms with Crippen LogP contribution in [-0.4, -0.2) is 50.7 Å². The Morgan fingerprint density at radius 2 is 2.12 bits per heavy atom. The zero-order valence-electron chi connectivity index (χ0n) is 10.4. The molecular formula is C12H25NO3. The van der Waals surface area contributed by atoms with Crippen LogP contribution < -0.4 is 5.32 Å². The van der Waals surface area contributed by atoms with Gasteiger partial charge in [-0.05, 0) is 32.1 Å². The van der Waals surface area contributed by atoms with E-state index in [0.29, 0.717) is 19.2 Å². The summed E-state index contributed by atoms with van der Waals surface area (Å²) in [6.07, 6.45) is 3.12. The van der Waals surface area contributed by atoms with Gasteiger partial charge in [0.1, 0.15) is 0 Å². The number of hydrogen-bond acceptors (Lipinski definition) is 4. The van der Waals surface area contributed by atoms with Gasteiger partial charge in [0.05, 0.1) is 12.7 Å². The van der Waals surface area contributed by atoms with Crippen LogP contribution in [0.1, 0.15) is 26.2 Å². The monoisotopic (exact) mass is 231 g/mol. The number of methoxy groups -OCH3 is 1. The minimum Gasteiger partial charge on any atom is -0.389 e. The molecule has 0 aromatic rings. The van der Waals surface area contributed by atoms with Crippen LogP contribution in [0.4, 0.5) is 0 Å². The first-order valence-electron chi connectivity index (χ1n) is 6.20. The van der Waals surface area contributed by atoms with Gasteiger partial charge in [-0.1, -0.05) is 0 Å². The van der Waals surface area contributed by atoms with Crippen molar-refractivity contribution in [2.45, 2.75) is 38.3 Å². The molecule has 96 valence electrons. The summed E-state index contributed by atoms with van der Waals surface area (Å²) in [6, 6.07) is 0.453. The molecule has 4 heteroatoms. The Morgan fingerprint density at radius 3 is 2.75 bits per heavy atom. The van der Waals surface area contributed by atoms with E-state index in [1.165, 1.54) is 19.3 Å². The number of ether oxygens (including phenoxy) is 2. The summed E-state index contributed by atoms with van der Waals surface area (Å²) in [7, 11) is 1.61. The van der Waals surface area contributed by atoms with Crippen LogP contribution in [-0.2, 0) is 9.47 Å². The summed E-state index contributed by atoms with van der Waals surface area (Å²) in [5.74, 6) is 0.774. The molecule has 0 radical (unpaired) electrons. The van der Waals surface area contributed by atoms with Crippen LogP contribution >= 0.6 is 0 Å². The third-order valence-electron chi connectivity index (χ3n) is 3.09. The lowest BCUT2D eigenvalue weighted by atomic mass is 9.93. The smallest absolute Gasteiger partial charge is 0.0897 e. The zero-order valence-corrected chi connectivity index (χ0v) is 10.4. The molecule has 1 aliphatic heterocycles. The minimum atomic E-state index is -0.401. The number of nitrogens with one attached hydrogen (secondary N) is 1. The average molecular weight is 231 g/mol. The molecule has 2 unspecified atom stereocenters. The Bertz CT molecular complexity index is 172. The highest BCUT2D eigenvalue weighted by Crippen LogP contribution is 2.19. The summed E-state index contributed by atoms with van der Waals surface area (Å²) in [5, 5.41) is 12.8. The molecule has 16 heavy (non-hydrogen) atoms. The third-order valence-corrected chi connectivity index (χ3v) is 3.09. The highest BCUT2D eigenvalue weighted by molar-refractivity contribution is 4.72. The molecule has 4 nitrogen and oxygen atoms in total. The predicted octanol–water partition coefficient (Wildman–Crippen LogP) is 0.788. The van der Waals surface area contributed by atoms with Crippen molar-refractivity contribution in [1.82, 2.24) is 5.32 Å². The molecule has 1 rings (SSSR count). The summed E-state index contributed by atoms with van der Waals surface area (Å²) < 4.78 is 10.2. The molecule has 0 aliphatic carbocycles. The van der Waals surface area contributed by atoms with Gasteiger partial charge in [-0.2, -0.15) is 0 Å². The minimum absolute atomic E-state index is 0.400. The predicted molar refractivity (Wildman–Crippen MR) is 63.5 cm³/mol. The fraction of sp³-hybridized carbons (Fsp3) is 1.00. The molecule has 0 spiro atoms. The van der Waals surface area contributed by atoms with Gasteiger partial charge in [-0.3, -0.25) is 0 Å². The quantitative estimate of drug-likeness (QED) is 0.680. The van der Waals surface area contributed by atoms with Crippen molar-refractivity contribution in [2.75, 3.05) is 33.5 Å². The normalized spacial score (nSPS) is 21.9. The molecular weight excluding hydrogens is 206 g/mol. The Morgan fingerprint density at radius 1 is 1.44 bits per heavy atom. The molecule has 0 saturated carbocycles. The fourth-order valence-corrected chi connectivity index (χ4v) is 2.15. The molecule has 0 bridgehead atoms. The summed E-state index contributed by atoms with van der Waals surface area (Å²) in [5.41, 5.74) is 0. The van der Waals surface area contributed by atoms with Gasteiger partial charge >= 0.3 is 0 Å². The third kappa shape index (κ3) is 5.80. The van der Waals surface area contributed by atoms with Gasteiger partial charge in [0, 0.05) is 32.9 Å². The maximum Gasteiger partial charge on any atom is 0.0897 e. The van der Waals surface area contributed by atoms with Crippen molar-refractivity contribution < 1.29 is 14.6 Å². The molecule has 2 atom stereocenters. The van der Waals surface area contributed by atoms with Gasteiger partial charge in [-0.15, -0.1) is 0 Å². The molecule has 1 saturated heterocycles. The van der Waals surface area contributed by atoms with Crippen molar-refractivity contribution in [3.8, 4) is 0 Å². The lowest BCUT2D eigenvalue weighted by molar-refractivity contribution is 0.0540. The van der Waals surface area contributed by atoms with E-state index in [9.17, 15) is 5.11 Å². The Labute approximate surface area is 98.3 Å². The topological polar surface area (TPSA) is 50.7 Å². The Kier molecular flexibility index (Phi) is 6.96. The van der Waals surface area contributed by atoms with Gasteiger partial charge < -0.3 is 19.9 Å². The first-order chi connectivity index (χ1) is 7.72. The van der Waals surface area contributed by atoms with Crippen molar-refractivity contribution in [3.63, 3.8) is 0 Å². The average Bonchev–Trinajstić information content (AvgIpc) is 2.28. The Balaban J connectivity index is 2.07. The second kappa shape index (κ2) is 8.01. The maximum atomic E-state index is 9.50. The van der Waals surface area contributed by atoms with Crippen LogP contribution in [0.2, 0.25) is 0 Å². The van der Waals surface area contributed by atoms with E-state index in [1.807, 2.05) is 0 Å².